The maximum Gasteiger partial charge on any atom is 0.164 e. The number of halogens is 1. The Morgan fingerprint density at radius 3 is 2.40 bits per heavy atom. The molecule has 0 aromatic heterocycles. The minimum atomic E-state index is 0. The van der Waals surface area contributed by atoms with Crippen molar-refractivity contribution in [3.05, 3.63) is 48.0 Å². The quantitative estimate of drug-likeness (QED) is 0.318. The highest BCUT2D eigenvalue weighted by atomic mass is 35.5. The monoisotopic (exact) mass is 298 g/mol. The van der Waals surface area contributed by atoms with Gasteiger partial charge in [0.15, 0.2) is 6.17 Å². The van der Waals surface area contributed by atoms with Gasteiger partial charge in [-0.1, -0.05) is 49.4 Å². The van der Waals surface area contributed by atoms with Crippen molar-refractivity contribution < 1.29 is 21.7 Å². The van der Waals surface area contributed by atoms with Crippen molar-refractivity contribution in [2.75, 3.05) is 20.7 Å². The third-order valence-corrected chi connectivity index (χ3v) is 3.20. The molecule has 0 saturated heterocycles. The lowest BCUT2D eigenvalue weighted by Gasteiger charge is -2.37. The Labute approximate surface area is 129 Å². The van der Waals surface area contributed by atoms with Crippen LogP contribution in [0.2, 0.25) is 0 Å². The van der Waals surface area contributed by atoms with E-state index in [1.54, 1.807) is 0 Å². The molecule has 20 heavy (non-hydrogen) atoms. The van der Waals surface area contributed by atoms with E-state index in [2.05, 4.69) is 63.4 Å². The van der Waals surface area contributed by atoms with Gasteiger partial charge in [-0.25, -0.2) is 0 Å². The number of hydrogen-bond acceptors (Lipinski definition) is 2. The van der Waals surface area contributed by atoms with Crippen LogP contribution >= 0.6 is 0 Å². The van der Waals surface area contributed by atoms with E-state index in [4.69, 9.17) is 4.84 Å². The highest BCUT2D eigenvalue weighted by Crippen LogP contribution is 2.14. The van der Waals surface area contributed by atoms with E-state index >= 15 is 0 Å². The number of hydroxylamine groups is 1. The third-order valence-electron chi connectivity index (χ3n) is 3.20. The fraction of sp³-hybridized carbons (Fsp3) is 0.500. The Hall–Kier alpha value is -0.870. The molecule has 1 atom stereocenters. The average molecular weight is 299 g/mol. The predicted octanol–water partition coefficient (Wildman–Crippen LogP) is 0.100. The Balaban J connectivity index is 0.00000361. The summed E-state index contributed by atoms with van der Waals surface area (Å²) in [6.45, 7) is 9.51. The van der Waals surface area contributed by atoms with Crippen molar-refractivity contribution in [1.82, 2.24) is 5.48 Å². The molecule has 1 aromatic carbocycles. The van der Waals surface area contributed by atoms with Crippen molar-refractivity contribution in [3.63, 3.8) is 0 Å². The zero-order valence-corrected chi connectivity index (χ0v) is 13.8. The molecule has 1 N–H and O–H groups in total. The number of benzene rings is 1. The number of hydrogen-bond donors (Lipinski definition) is 1. The molecule has 0 spiro atoms. The molecule has 0 fully saturated rings. The van der Waals surface area contributed by atoms with Gasteiger partial charge in [-0.15, -0.1) is 5.48 Å². The van der Waals surface area contributed by atoms with Crippen molar-refractivity contribution in [2.45, 2.75) is 33.0 Å². The van der Waals surface area contributed by atoms with Crippen molar-refractivity contribution in [2.24, 2.45) is 0 Å². The molecule has 3 nitrogen and oxygen atoms in total. The lowest BCUT2D eigenvalue weighted by molar-refractivity contribution is -0.934. The fourth-order valence-electron chi connectivity index (χ4n) is 2.15. The summed E-state index contributed by atoms with van der Waals surface area (Å²) in [6.07, 6.45) is 1.27. The third kappa shape index (κ3) is 6.53. The highest BCUT2D eigenvalue weighted by Gasteiger charge is 2.27. The second kappa shape index (κ2) is 9.14. The van der Waals surface area contributed by atoms with E-state index in [0.29, 0.717) is 6.61 Å². The van der Waals surface area contributed by atoms with Gasteiger partial charge < -0.3 is 16.9 Å². The minimum Gasteiger partial charge on any atom is -1.00 e. The van der Waals surface area contributed by atoms with Crippen molar-refractivity contribution >= 4 is 0 Å². The van der Waals surface area contributed by atoms with Crippen LogP contribution in [-0.2, 0) is 11.4 Å². The van der Waals surface area contributed by atoms with E-state index in [0.717, 1.165) is 23.0 Å². The molecule has 0 aliphatic carbocycles. The molecule has 0 bridgehead atoms. The second-order valence-electron chi connectivity index (χ2n) is 5.71. The number of nitrogens with zero attached hydrogens (tertiary/aromatic N) is 1. The Kier molecular flexibility index (Phi) is 8.74. The first-order chi connectivity index (χ1) is 8.95. The van der Waals surface area contributed by atoms with E-state index < -0.39 is 0 Å². The molecule has 0 aliphatic rings. The largest absolute Gasteiger partial charge is 1.00 e. The first kappa shape index (κ1) is 19.1. The summed E-state index contributed by atoms with van der Waals surface area (Å²) in [6, 6.07) is 10.6. The summed E-state index contributed by atoms with van der Waals surface area (Å²) in [5.74, 6) is 0. The standard InChI is InChI=1S/C16H27N2O.ClH/c1-6-16(17-19-13-14(2)3)18(4,5)12-15-10-8-7-9-11-15;/h7-11,16-17H,2,6,12-13H2,1,3-5H3;1H/q+1;/p-1. The molecular formula is C16H27ClN2O. The van der Waals surface area contributed by atoms with Crippen LogP contribution in [0.25, 0.3) is 0 Å². The van der Waals surface area contributed by atoms with Crippen LogP contribution in [0.15, 0.2) is 42.5 Å². The summed E-state index contributed by atoms with van der Waals surface area (Å²) in [7, 11) is 4.44. The summed E-state index contributed by atoms with van der Waals surface area (Å²) < 4.78 is 0.844. The molecule has 0 aliphatic heterocycles. The van der Waals surface area contributed by atoms with Crippen LogP contribution in [-0.4, -0.2) is 31.4 Å². The van der Waals surface area contributed by atoms with Crippen LogP contribution in [0.3, 0.4) is 0 Å². The maximum absolute atomic E-state index is 5.51. The molecule has 1 aromatic rings. The molecule has 4 heteroatoms. The van der Waals surface area contributed by atoms with Gasteiger partial charge in [-0.3, -0.25) is 4.84 Å². The van der Waals surface area contributed by atoms with Crippen molar-refractivity contribution in [3.8, 4) is 0 Å². The summed E-state index contributed by atoms with van der Waals surface area (Å²) in [4.78, 5) is 5.51. The second-order valence-corrected chi connectivity index (χ2v) is 5.71. The molecule has 0 saturated carbocycles. The predicted molar refractivity (Wildman–Crippen MR) is 80.2 cm³/mol. The van der Waals surface area contributed by atoms with Gasteiger partial charge >= 0.3 is 0 Å². The number of nitrogens with one attached hydrogen (secondary N) is 1. The van der Waals surface area contributed by atoms with Crippen LogP contribution in [0.1, 0.15) is 25.8 Å². The maximum atomic E-state index is 5.51. The van der Waals surface area contributed by atoms with E-state index in [9.17, 15) is 0 Å². The van der Waals surface area contributed by atoms with Crippen molar-refractivity contribution in [1.29, 1.82) is 0 Å². The fourth-order valence-corrected chi connectivity index (χ4v) is 2.15. The molecule has 0 amide bonds. The molecule has 1 rings (SSSR count). The zero-order valence-electron chi connectivity index (χ0n) is 13.0. The average Bonchev–Trinajstić information content (AvgIpc) is 2.34. The van der Waals surface area contributed by atoms with Gasteiger partial charge in [0.2, 0.25) is 0 Å². The van der Waals surface area contributed by atoms with Gasteiger partial charge in [0.05, 0.1) is 20.7 Å². The van der Waals surface area contributed by atoms with Gasteiger partial charge in [-0.05, 0) is 6.92 Å². The molecule has 0 heterocycles. The summed E-state index contributed by atoms with van der Waals surface area (Å²) in [5, 5.41) is 0. The van der Waals surface area contributed by atoms with Crippen LogP contribution in [0, 0.1) is 0 Å². The Morgan fingerprint density at radius 2 is 1.90 bits per heavy atom. The minimum absolute atomic E-state index is 0. The van der Waals surface area contributed by atoms with E-state index in [-0.39, 0.29) is 18.6 Å². The SMILES string of the molecule is C=C(C)CONC(CC)[N+](C)(C)Cc1ccccc1.[Cl-]. The number of quaternary nitrogens is 1. The van der Waals surface area contributed by atoms with Gasteiger partial charge in [0.1, 0.15) is 6.54 Å². The van der Waals surface area contributed by atoms with Gasteiger partial charge in [-0.2, -0.15) is 0 Å². The molecular weight excluding hydrogens is 272 g/mol. The molecule has 114 valence electrons. The first-order valence-electron chi connectivity index (χ1n) is 6.84. The van der Waals surface area contributed by atoms with E-state index in [1.165, 1.54) is 5.56 Å². The first-order valence-corrected chi connectivity index (χ1v) is 6.84. The molecule has 1 unspecified atom stereocenters. The van der Waals surface area contributed by atoms with E-state index in [1.807, 2.05) is 6.92 Å². The normalized spacial score (nSPS) is 12.6. The zero-order chi connectivity index (χ0) is 14.3. The topological polar surface area (TPSA) is 21.3 Å². The van der Waals surface area contributed by atoms with Crippen LogP contribution in [0.4, 0.5) is 0 Å². The number of rotatable bonds is 8. The Bertz CT molecular complexity index is 393. The highest BCUT2D eigenvalue weighted by molar-refractivity contribution is 5.13. The lowest BCUT2D eigenvalue weighted by Crippen LogP contribution is -3.00. The molecule has 0 radical (unpaired) electrons. The Morgan fingerprint density at radius 1 is 1.30 bits per heavy atom. The summed E-state index contributed by atoms with van der Waals surface area (Å²) >= 11 is 0. The summed E-state index contributed by atoms with van der Waals surface area (Å²) in [5.41, 5.74) is 5.54. The van der Waals surface area contributed by atoms with Crippen LogP contribution < -0.4 is 17.9 Å². The van der Waals surface area contributed by atoms with Crippen LogP contribution in [0.5, 0.6) is 0 Å². The lowest BCUT2D eigenvalue weighted by atomic mass is 10.2. The smallest absolute Gasteiger partial charge is 0.164 e. The van der Waals surface area contributed by atoms with Gasteiger partial charge in [0.25, 0.3) is 0 Å². The van der Waals surface area contributed by atoms with Gasteiger partial charge in [0, 0.05) is 12.0 Å².